The highest BCUT2D eigenvalue weighted by atomic mass is 19.4. The summed E-state index contributed by atoms with van der Waals surface area (Å²) < 4.78 is 67.1. The lowest BCUT2D eigenvalue weighted by Gasteiger charge is -2.28. The average Bonchev–Trinajstić information content (AvgIpc) is 2.93. The number of rotatable bonds is 7. The molecule has 0 saturated heterocycles. The second-order valence-corrected chi connectivity index (χ2v) is 8.10. The Morgan fingerprint density at radius 3 is 2.18 bits per heavy atom. The third-order valence-electron chi connectivity index (χ3n) is 5.27. The number of amides is 2. The Kier molecular flexibility index (Phi) is 7.35. The standard InChI is InChI=1S/C22H24F5N3O3/c1-11-10-14(6-7-15(11)24)28-19(32)16-12(2)17(30(9-8-23)13(16)3)18(31)20(33)29-21(4,5)22(25,26)27/h6-7,10H,8-9H2,1-5H3,(H,28,32)(H,29,33). The lowest BCUT2D eigenvalue weighted by molar-refractivity contribution is -0.187. The third kappa shape index (κ3) is 5.23. The van der Waals surface area contributed by atoms with Gasteiger partial charge < -0.3 is 15.2 Å². The van der Waals surface area contributed by atoms with E-state index in [0.717, 1.165) is 10.6 Å². The van der Waals surface area contributed by atoms with Crippen LogP contribution in [-0.2, 0) is 11.3 Å². The van der Waals surface area contributed by atoms with Crippen LogP contribution >= 0.6 is 0 Å². The van der Waals surface area contributed by atoms with E-state index < -0.39 is 48.3 Å². The molecule has 11 heteroatoms. The molecule has 1 heterocycles. The zero-order valence-corrected chi connectivity index (χ0v) is 18.7. The molecular formula is C22H24F5N3O3. The summed E-state index contributed by atoms with van der Waals surface area (Å²) in [5, 5.41) is 4.19. The summed E-state index contributed by atoms with van der Waals surface area (Å²) in [6.45, 7) is 4.29. The molecule has 0 spiro atoms. The molecule has 2 N–H and O–H groups in total. The Bertz CT molecular complexity index is 1100. The molecule has 2 amide bonds. The predicted octanol–water partition coefficient (Wildman–Crippen LogP) is 4.41. The van der Waals surface area contributed by atoms with Crippen LogP contribution in [0.2, 0.25) is 0 Å². The first-order valence-electron chi connectivity index (χ1n) is 9.89. The number of aromatic nitrogens is 1. The smallest absolute Gasteiger partial charge is 0.338 e. The van der Waals surface area contributed by atoms with Gasteiger partial charge in [0.1, 0.15) is 18.0 Å². The number of anilines is 1. The number of alkyl halides is 4. The number of ketones is 1. The summed E-state index contributed by atoms with van der Waals surface area (Å²) in [7, 11) is 0. The van der Waals surface area contributed by atoms with Gasteiger partial charge in [-0.3, -0.25) is 14.4 Å². The molecule has 0 atom stereocenters. The van der Waals surface area contributed by atoms with Crippen LogP contribution in [0.4, 0.5) is 27.6 Å². The number of hydrogen-bond donors (Lipinski definition) is 2. The first-order valence-corrected chi connectivity index (χ1v) is 9.89. The second kappa shape index (κ2) is 9.32. The van der Waals surface area contributed by atoms with Gasteiger partial charge in [0.05, 0.1) is 17.8 Å². The number of hydrogen-bond acceptors (Lipinski definition) is 3. The predicted molar refractivity (Wildman–Crippen MR) is 112 cm³/mol. The summed E-state index contributed by atoms with van der Waals surface area (Å²) >= 11 is 0. The van der Waals surface area contributed by atoms with Crippen LogP contribution in [0, 0.1) is 26.6 Å². The minimum Gasteiger partial charge on any atom is -0.338 e. The quantitative estimate of drug-likeness (QED) is 0.355. The van der Waals surface area contributed by atoms with Crippen molar-refractivity contribution in [1.29, 1.82) is 0 Å². The molecule has 0 saturated carbocycles. The molecule has 0 radical (unpaired) electrons. The van der Waals surface area contributed by atoms with Crippen LogP contribution < -0.4 is 10.6 Å². The van der Waals surface area contributed by atoms with E-state index in [9.17, 15) is 36.3 Å². The number of aryl methyl sites for hydroxylation is 1. The summed E-state index contributed by atoms with van der Waals surface area (Å²) in [5.74, 6) is -4.06. The molecule has 0 aliphatic heterocycles. The van der Waals surface area contributed by atoms with Gasteiger partial charge in [-0.15, -0.1) is 0 Å². The minimum absolute atomic E-state index is 0.00208. The number of benzene rings is 1. The molecule has 2 aromatic rings. The second-order valence-electron chi connectivity index (χ2n) is 8.10. The fraction of sp³-hybridized carbons (Fsp3) is 0.409. The van der Waals surface area contributed by atoms with E-state index in [4.69, 9.17) is 0 Å². The SMILES string of the molecule is Cc1cc(NC(=O)c2c(C)c(C(=O)C(=O)NC(C)(C)C(F)(F)F)n(CCF)c2C)ccc1F. The summed E-state index contributed by atoms with van der Waals surface area (Å²) in [5.41, 5.74) is -2.45. The largest absolute Gasteiger partial charge is 0.410 e. The van der Waals surface area contributed by atoms with Crippen LogP contribution in [-0.4, -0.2) is 40.6 Å². The molecule has 0 aliphatic carbocycles. The van der Waals surface area contributed by atoms with Crippen molar-refractivity contribution in [1.82, 2.24) is 9.88 Å². The van der Waals surface area contributed by atoms with Gasteiger partial charge in [0.2, 0.25) is 0 Å². The van der Waals surface area contributed by atoms with Gasteiger partial charge in [-0.25, -0.2) is 8.78 Å². The Morgan fingerprint density at radius 2 is 1.67 bits per heavy atom. The first kappa shape index (κ1) is 26.0. The summed E-state index contributed by atoms with van der Waals surface area (Å²) in [6, 6.07) is 3.86. The number of nitrogens with one attached hydrogen (secondary N) is 2. The van der Waals surface area contributed by atoms with Gasteiger partial charge in [0.25, 0.3) is 17.6 Å². The molecule has 180 valence electrons. The van der Waals surface area contributed by atoms with E-state index in [0.29, 0.717) is 13.8 Å². The Labute approximate surface area is 187 Å². The fourth-order valence-corrected chi connectivity index (χ4v) is 3.32. The Balaban J connectivity index is 2.46. The van der Waals surface area contributed by atoms with Gasteiger partial charge in [-0.05, 0) is 63.9 Å². The Hall–Kier alpha value is -3.24. The molecule has 6 nitrogen and oxygen atoms in total. The van der Waals surface area contributed by atoms with Gasteiger partial charge in [-0.2, -0.15) is 13.2 Å². The van der Waals surface area contributed by atoms with Crippen LogP contribution in [0.1, 0.15) is 51.5 Å². The third-order valence-corrected chi connectivity index (χ3v) is 5.27. The normalized spacial score (nSPS) is 11.9. The molecule has 0 bridgehead atoms. The highest BCUT2D eigenvalue weighted by Crippen LogP contribution is 2.30. The average molecular weight is 473 g/mol. The van der Waals surface area contributed by atoms with Crippen LogP contribution in [0.25, 0.3) is 0 Å². The van der Waals surface area contributed by atoms with Crippen LogP contribution in [0.3, 0.4) is 0 Å². The number of carbonyl (C=O) groups is 3. The first-order chi connectivity index (χ1) is 15.1. The zero-order valence-electron chi connectivity index (χ0n) is 18.7. The fourth-order valence-electron chi connectivity index (χ4n) is 3.32. The molecule has 0 fully saturated rings. The maximum atomic E-state index is 13.5. The molecule has 1 aromatic carbocycles. The van der Waals surface area contributed by atoms with E-state index in [1.54, 1.807) is 5.32 Å². The molecule has 1 aromatic heterocycles. The van der Waals surface area contributed by atoms with Gasteiger partial charge >= 0.3 is 6.18 Å². The molecule has 0 aliphatic rings. The van der Waals surface area contributed by atoms with Crippen molar-refractivity contribution in [3.63, 3.8) is 0 Å². The van der Waals surface area contributed by atoms with Crippen molar-refractivity contribution in [2.45, 2.75) is 52.9 Å². The molecule has 2 rings (SSSR count). The summed E-state index contributed by atoms with van der Waals surface area (Å²) in [4.78, 5) is 38.1. The van der Waals surface area contributed by atoms with Crippen molar-refractivity contribution >= 4 is 23.3 Å². The van der Waals surface area contributed by atoms with Gasteiger partial charge in [0, 0.05) is 11.4 Å². The van der Waals surface area contributed by atoms with Crippen molar-refractivity contribution < 1.29 is 36.3 Å². The van der Waals surface area contributed by atoms with Gasteiger partial charge in [0.15, 0.2) is 0 Å². The number of halogens is 5. The van der Waals surface area contributed by atoms with E-state index in [2.05, 4.69) is 5.32 Å². The number of Topliss-reactive ketones (excluding diaryl/α,β-unsaturated/α-hetero) is 1. The van der Waals surface area contributed by atoms with E-state index in [-0.39, 0.29) is 33.8 Å². The van der Waals surface area contributed by atoms with Crippen molar-refractivity contribution in [3.8, 4) is 0 Å². The van der Waals surface area contributed by atoms with Crippen LogP contribution in [0.15, 0.2) is 18.2 Å². The molecule has 33 heavy (non-hydrogen) atoms. The number of nitrogens with zero attached hydrogens (tertiary/aromatic N) is 1. The van der Waals surface area contributed by atoms with E-state index in [1.165, 1.54) is 32.9 Å². The molecule has 0 unspecified atom stereocenters. The Morgan fingerprint density at radius 1 is 1.06 bits per heavy atom. The maximum Gasteiger partial charge on any atom is 0.410 e. The lowest BCUT2D eigenvalue weighted by atomic mass is 10.0. The minimum atomic E-state index is -4.83. The monoisotopic (exact) mass is 473 g/mol. The highest BCUT2D eigenvalue weighted by molar-refractivity contribution is 6.43. The van der Waals surface area contributed by atoms with Crippen molar-refractivity contribution in [3.05, 3.63) is 52.1 Å². The zero-order chi connectivity index (χ0) is 25.3. The molecular weight excluding hydrogens is 449 g/mol. The van der Waals surface area contributed by atoms with E-state index >= 15 is 0 Å². The van der Waals surface area contributed by atoms with Crippen molar-refractivity contribution in [2.75, 3.05) is 12.0 Å². The van der Waals surface area contributed by atoms with Gasteiger partial charge in [-0.1, -0.05) is 0 Å². The van der Waals surface area contributed by atoms with Crippen LogP contribution in [0.5, 0.6) is 0 Å². The number of carbonyl (C=O) groups excluding carboxylic acids is 3. The van der Waals surface area contributed by atoms with Crippen molar-refractivity contribution in [2.24, 2.45) is 0 Å². The maximum absolute atomic E-state index is 13.5. The topological polar surface area (TPSA) is 80.2 Å². The van der Waals surface area contributed by atoms with E-state index in [1.807, 2.05) is 0 Å². The summed E-state index contributed by atoms with van der Waals surface area (Å²) in [6.07, 6.45) is -4.83. The highest BCUT2D eigenvalue weighted by Gasteiger charge is 2.49. The lowest BCUT2D eigenvalue weighted by Crippen LogP contribution is -2.56.